The molecule has 0 unspecified atom stereocenters. The van der Waals surface area contributed by atoms with Crippen LogP contribution in [-0.2, 0) is 0 Å². The lowest BCUT2D eigenvalue weighted by molar-refractivity contribution is 0.0702. The van der Waals surface area contributed by atoms with Crippen molar-refractivity contribution >= 4 is 17.3 Å². The number of carboxylic acid groups (broad SMARTS) is 1. The van der Waals surface area contributed by atoms with Crippen molar-refractivity contribution in [2.24, 2.45) is 0 Å². The highest BCUT2D eigenvalue weighted by Crippen LogP contribution is 2.26. The molecule has 0 spiro atoms. The first-order chi connectivity index (χ1) is 7.16. The molecular formula is C11H8O3S. The monoisotopic (exact) mass is 220 g/mol. The minimum atomic E-state index is -0.912. The molecule has 3 nitrogen and oxygen atoms in total. The Morgan fingerprint density at radius 3 is 2.33 bits per heavy atom. The van der Waals surface area contributed by atoms with Crippen molar-refractivity contribution in [1.29, 1.82) is 0 Å². The molecule has 4 heteroatoms. The van der Waals surface area contributed by atoms with Crippen LogP contribution in [0.2, 0.25) is 0 Å². The molecule has 0 saturated heterocycles. The average molecular weight is 220 g/mol. The molecule has 0 radical (unpaired) electrons. The molecule has 15 heavy (non-hydrogen) atoms. The summed E-state index contributed by atoms with van der Waals surface area (Å²) in [6.45, 7) is 0. The van der Waals surface area contributed by atoms with Crippen molar-refractivity contribution < 1.29 is 15.0 Å². The van der Waals surface area contributed by atoms with Crippen LogP contribution >= 0.6 is 11.3 Å². The number of aromatic carboxylic acids is 1. The molecular weight excluding hydrogens is 212 g/mol. The minimum absolute atomic E-state index is 0.201. The van der Waals surface area contributed by atoms with E-state index in [1.165, 1.54) is 11.3 Å². The van der Waals surface area contributed by atoms with E-state index in [1.54, 1.807) is 35.7 Å². The molecule has 2 rings (SSSR count). The van der Waals surface area contributed by atoms with Gasteiger partial charge in [-0.25, -0.2) is 4.79 Å². The van der Waals surface area contributed by atoms with Gasteiger partial charge in [-0.3, -0.25) is 0 Å². The van der Waals surface area contributed by atoms with E-state index in [4.69, 9.17) is 10.2 Å². The largest absolute Gasteiger partial charge is 0.508 e. The lowest BCUT2D eigenvalue weighted by Crippen LogP contribution is -1.89. The van der Waals surface area contributed by atoms with E-state index in [1.807, 2.05) is 0 Å². The Kier molecular flexibility index (Phi) is 2.43. The Hall–Kier alpha value is -1.81. The highest BCUT2D eigenvalue weighted by atomic mass is 32.1. The molecule has 1 aromatic heterocycles. The van der Waals surface area contributed by atoms with Crippen LogP contribution in [0.1, 0.15) is 9.67 Å². The van der Waals surface area contributed by atoms with Crippen molar-refractivity contribution in [2.75, 3.05) is 0 Å². The van der Waals surface area contributed by atoms with Crippen LogP contribution in [0.25, 0.3) is 11.1 Å². The summed E-state index contributed by atoms with van der Waals surface area (Å²) in [5, 5.41) is 19.7. The Labute approximate surface area is 90.2 Å². The molecule has 0 saturated carbocycles. The number of aromatic hydroxyl groups is 1. The van der Waals surface area contributed by atoms with Gasteiger partial charge in [-0.2, -0.15) is 0 Å². The topological polar surface area (TPSA) is 57.5 Å². The summed E-state index contributed by atoms with van der Waals surface area (Å²) in [6, 6.07) is 8.28. The Bertz CT molecular complexity index is 485. The maximum Gasteiger partial charge on any atom is 0.345 e. The summed E-state index contributed by atoms with van der Waals surface area (Å²) in [5.74, 6) is -0.711. The van der Waals surface area contributed by atoms with Crippen LogP contribution in [0.5, 0.6) is 5.75 Å². The molecule has 2 N–H and O–H groups in total. The second kappa shape index (κ2) is 3.74. The first kappa shape index (κ1) is 9.73. The molecule has 0 bridgehead atoms. The van der Waals surface area contributed by atoms with E-state index < -0.39 is 5.97 Å². The number of hydrogen-bond acceptors (Lipinski definition) is 3. The predicted octanol–water partition coefficient (Wildman–Crippen LogP) is 2.82. The lowest BCUT2D eigenvalue weighted by atomic mass is 10.1. The van der Waals surface area contributed by atoms with Crippen molar-refractivity contribution in [2.45, 2.75) is 0 Å². The SMILES string of the molecule is O=C(O)c1cc(-c2ccc(O)cc2)cs1. The summed E-state index contributed by atoms with van der Waals surface area (Å²) in [4.78, 5) is 11.0. The number of benzene rings is 1. The molecule has 0 aliphatic heterocycles. The number of thiophene rings is 1. The fourth-order valence-electron chi connectivity index (χ4n) is 1.25. The van der Waals surface area contributed by atoms with Gasteiger partial charge < -0.3 is 10.2 Å². The average Bonchev–Trinajstić information content (AvgIpc) is 2.68. The van der Waals surface area contributed by atoms with Crippen LogP contribution in [-0.4, -0.2) is 16.2 Å². The second-order valence-corrected chi connectivity index (χ2v) is 3.96. The standard InChI is InChI=1S/C11H8O3S/c12-9-3-1-7(2-4-9)8-5-10(11(13)14)15-6-8/h1-6,12H,(H,13,14). The summed E-state index contributed by atoms with van der Waals surface area (Å²) >= 11 is 1.19. The van der Waals surface area contributed by atoms with Crippen molar-refractivity contribution in [3.05, 3.63) is 40.6 Å². The van der Waals surface area contributed by atoms with Crippen LogP contribution in [0.15, 0.2) is 35.7 Å². The molecule has 1 aromatic carbocycles. The van der Waals surface area contributed by atoms with Crippen molar-refractivity contribution in [3.8, 4) is 16.9 Å². The van der Waals surface area contributed by atoms with Gasteiger partial charge in [-0.05, 0) is 34.7 Å². The maximum atomic E-state index is 10.7. The fourth-order valence-corrected chi connectivity index (χ4v) is 2.01. The third kappa shape index (κ3) is 1.99. The Balaban J connectivity index is 2.37. The quantitative estimate of drug-likeness (QED) is 0.818. The lowest BCUT2D eigenvalue weighted by Gasteiger charge is -1.96. The number of hydrogen-bond donors (Lipinski definition) is 2. The summed E-state index contributed by atoms with van der Waals surface area (Å²) in [5.41, 5.74) is 1.76. The molecule has 0 fully saturated rings. The zero-order valence-corrected chi connectivity index (χ0v) is 8.49. The molecule has 76 valence electrons. The summed E-state index contributed by atoms with van der Waals surface area (Å²) < 4.78 is 0. The number of carboxylic acids is 1. The van der Waals surface area contributed by atoms with E-state index in [9.17, 15) is 4.79 Å². The zero-order valence-electron chi connectivity index (χ0n) is 7.68. The van der Waals surface area contributed by atoms with Gasteiger partial charge >= 0.3 is 5.97 Å². The maximum absolute atomic E-state index is 10.7. The zero-order chi connectivity index (χ0) is 10.8. The third-order valence-electron chi connectivity index (χ3n) is 2.01. The van der Waals surface area contributed by atoms with Gasteiger partial charge in [0.2, 0.25) is 0 Å². The number of rotatable bonds is 2. The van der Waals surface area contributed by atoms with Gasteiger partial charge in [0.15, 0.2) is 0 Å². The third-order valence-corrected chi connectivity index (χ3v) is 2.93. The number of phenolic OH excluding ortho intramolecular Hbond substituents is 1. The van der Waals surface area contributed by atoms with E-state index in [0.717, 1.165) is 11.1 Å². The van der Waals surface area contributed by atoms with Crippen LogP contribution in [0, 0.1) is 0 Å². The highest BCUT2D eigenvalue weighted by molar-refractivity contribution is 7.12. The van der Waals surface area contributed by atoms with E-state index in [-0.39, 0.29) is 5.75 Å². The normalized spacial score (nSPS) is 10.1. The minimum Gasteiger partial charge on any atom is -0.508 e. The van der Waals surface area contributed by atoms with Crippen molar-refractivity contribution in [1.82, 2.24) is 0 Å². The number of phenols is 1. The van der Waals surface area contributed by atoms with Crippen LogP contribution in [0.3, 0.4) is 0 Å². The first-order valence-corrected chi connectivity index (χ1v) is 5.16. The summed E-state index contributed by atoms with van der Waals surface area (Å²) in [6.07, 6.45) is 0. The summed E-state index contributed by atoms with van der Waals surface area (Å²) in [7, 11) is 0. The van der Waals surface area contributed by atoms with Gasteiger partial charge in [0.25, 0.3) is 0 Å². The fraction of sp³-hybridized carbons (Fsp3) is 0. The van der Waals surface area contributed by atoms with E-state index in [2.05, 4.69) is 0 Å². The second-order valence-electron chi connectivity index (χ2n) is 3.05. The number of carbonyl (C=O) groups is 1. The highest BCUT2D eigenvalue weighted by Gasteiger charge is 2.07. The Morgan fingerprint density at radius 1 is 1.13 bits per heavy atom. The van der Waals surface area contributed by atoms with Crippen LogP contribution in [0.4, 0.5) is 0 Å². The molecule has 2 aromatic rings. The van der Waals surface area contributed by atoms with E-state index >= 15 is 0 Å². The Morgan fingerprint density at radius 2 is 1.80 bits per heavy atom. The van der Waals surface area contributed by atoms with Gasteiger partial charge in [0.05, 0.1) is 0 Å². The predicted molar refractivity (Wildman–Crippen MR) is 58.4 cm³/mol. The first-order valence-electron chi connectivity index (χ1n) is 4.28. The van der Waals surface area contributed by atoms with Gasteiger partial charge in [-0.15, -0.1) is 11.3 Å². The molecule has 0 amide bonds. The molecule has 0 atom stereocenters. The van der Waals surface area contributed by atoms with E-state index in [0.29, 0.717) is 4.88 Å². The molecule has 0 aliphatic rings. The van der Waals surface area contributed by atoms with Gasteiger partial charge in [-0.1, -0.05) is 12.1 Å². The van der Waals surface area contributed by atoms with Crippen molar-refractivity contribution in [3.63, 3.8) is 0 Å². The van der Waals surface area contributed by atoms with Gasteiger partial charge in [0.1, 0.15) is 10.6 Å². The smallest absolute Gasteiger partial charge is 0.345 e. The molecule has 1 heterocycles. The van der Waals surface area contributed by atoms with Crippen LogP contribution < -0.4 is 0 Å². The molecule has 0 aliphatic carbocycles. The van der Waals surface area contributed by atoms with Gasteiger partial charge in [0, 0.05) is 0 Å².